The van der Waals surface area contributed by atoms with Crippen molar-refractivity contribution in [3.8, 4) is 0 Å². The number of carbonyl (C=O) groups excluding carboxylic acids is 2. The molecule has 1 aliphatic rings. The van der Waals surface area contributed by atoms with Crippen molar-refractivity contribution in [2.75, 3.05) is 11.9 Å². The second-order valence-corrected chi connectivity index (χ2v) is 8.74. The van der Waals surface area contributed by atoms with Gasteiger partial charge in [-0.25, -0.2) is 4.79 Å². The maximum atomic E-state index is 13.3. The van der Waals surface area contributed by atoms with Gasteiger partial charge in [-0.1, -0.05) is 11.6 Å². The zero-order valence-electron chi connectivity index (χ0n) is 16.8. The Labute approximate surface area is 180 Å². The molecule has 0 aliphatic heterocycles. The Morgan fingerprint density at radius 1 is 1.37 bits per heavy atom. The fourth-order valence-electron chi connectivity index (χ4n) is 3.12. The van der Waals surface area contributed by atoms with Gasteiger partial charge in [-0.05, 0) is 46.1 Å². The summed E-state index contributed by atoms with van der Waals surface area (Å²) < 4.78 is 46.0. The average Bonchev–Trinajstić information content (AvgIpc) is 3.36. The number of aromatic nitrogens is 2. The maximum Gasteiger partial charge on any atom is 0.436 e. The summed E-state index contributed by atoms with van der Waals surface area (Å²) in [4.78, 5) is 26.0. The molecule has 1 aliphatic carbocycles. The van der Waals surface area contributed by atoms with Crippen LogP contribution in [0.25, 0.3) is 0 Å². The number of thiophene rings is 1. The van der Waals surface area contributed by atoms with Gasteiger partial charge in [0.2, 0.25) is 5.91 Å². The lowest BCUT2D eigenvalue weighted by atomic mass is 10.1. The Morgan fingerprint density at radius 3 is 2.53 bits per heavy atom. The number of hydrogen-bond donors (Lipinski definition) is 1. The van der Waals surface area contributed by atoms with E-state index in [4.69, 9.17) is 16.3 Å². The SMILES string of the molecule is CCOC(=O)c1c(NC(=O)C(C)n2nc(C(F)(F)F)c(Cl)c2C2CC2)sc(C)c1C. The number of nitrogens with one attached hydrogen (secondary N) is 1. The second-order valence-electron chi connectivity index (χ2n) is 7.14. The molecule has 164 valence electrons. The summed E-state index contributed by atoms with van der Waals surface area (Å²) in [5, 5.41) is 6.12. The van der Waals surface area contributed by atoms with Crippen molar-refractivity contribution in [1.82, 2.24) is 9.78 Å². The molecule has 1 amide bonds. The molecule has 0 saturated heterocycles. The van der Waals surface area contributed by atoms with Gasteiger partial charge in [0.1, 0.15) is 11.0 Å². The lowest BCUT2D eigenvalue weighted by molar-refractivity contribution is -0.141. The lowest BCUT2D eigenvalue weighted by Gasteiger charge is -2.16. The Hall–Kier alpha value is -2.07. The minimum absolute atomic E-state index is 0.155. The van der Waals surface area contributed by atoms with E-state index in [9.17, 15) is 22.8 Å². The molecule has 0 radical (unpaired) electrons. The molecule has 1 fully saturated rings. The first-order valence-corrected chi connectivity index (χ1v) is 10.6. The van der Waals surface area contributed by atoms with E-state index >= 15 is 0 Å². The molecule has 0 bridgehead atoms. The highest BCUT2D eigenvalue weighted by Crippen LogP contribution is 2.47. The molecule has 2 heterocycles. The number of anilines is 1. The number of amides is 1. The van der Waals surface area contributed by atoms with Crippen molar-refractivity contribution in [2.45, 2.75) is 58.7 Å². The van der Waals surface area contributed by atoms with Crippen molar-refractivity contribution in [3.63, 3.8) is 0 Å². The van der Waals surface area contributed by atoms with E-state index in [0.717, 1.165) is 9.56 Å². The molecule has 1 N–H and O–H groups in total. The summed E-state index contributed by atoms with van der Waals surface area (Å²) in [6.45, 7) is 6.84. The number of hydrogen-bond acceptors (Lipinski definition) is 5. The molecular weight excluding hydrogens is 443 g/mol. The quantitative estimate of drug-likeness (QED) is 0.575. The van der Waals surface area contributed by atoms with Gasteiger partial charge in [-0.2, -0.15) is 18.3 Å². The monoisotopic (exact) mass is 463 g/mol. The van der Waals surface area contributed by atoms with Gasteiger partial charge in [0.25, 0.3) is 0 Å². The lowest BCUT2D eigenvalue weighted by Crippen LogP contribution is -2.26. The zero-order chi connectivity index (χ0) is 22.4. The van der Waals surface area contributed by atoms with E-state index in [1.807, 2.05) is 0 Å². The fraction of sp³-hybridized carbons (Fsp3) is 0.526. The number of halogens is 4. The van der Waals surface area contributed by atoms with Crippen LogP contribution in [0.5, 0.6) is 0 Å². The first-order chi connectivity index (χ1) is 14.0. The van der Waals surface area contributed by atoms with Crippen LogP contribution in [0.3, 0.4) is 0 Å². The molecule has 0 spiro atoms. The first kappa shape index (κ1) is 22.6. The minimum Gasteiger partial charge on any atom is -0.462 e. The van der Waals surface area contributed by atoms with Crippen molar-refractivity contribution in [1.29, 1.82) is 0 Å². The predicted octanol–water partition coefficient (Wildman–Crippen LogP) is 5.49. The van der Waals surface area contributed by atoms with Crippen molar-refractivity contribution >= 4 is 39.8 Å². The van der Waals surface area contributed by atoms with Gasteiger partial charge in [-0.15, -0.1) is 11.3 Å². The number of rotatable bonds is 6. The van der Waals surface area contributed by atoms with Crippen molar-refractivity contribution in [2.24, 2.45) is 0 Å². The van der Waals surface area contributed by atoms with Gasteiger partial charge in [0.15, 0.2) is 5.69 Å². The van der Waals surface area contributed by atoms with E-state index < -0.39 is 34.8 Å². The maximum absolute atomic E-state index is 13.3. The summed E-state index contributed by atoms with van der Waals surface area (Å²) in [5.74, 6) is -1.32. The number of carbonyl (C=O) groups is 2. The third kappa shape index (κ3) is 4.20. The molecule has 1 unspecified atom stereocenters. The van der Waals surface area contributed by atoms with E-state index in [-0.39, 0.29) is 23.8 Å². The van der Waals surface area contributed by atoms with Crippen molar-refractivity contribution < 1.29 is 27.5 Å². The average molecular weight is 464 g/mol. The third-order valence-electron chi connectivity index (χ3n) is 4.97. The molecule has 6 nitrogen and oxygen atoms in total. The number of ether oxygens (including phenoxy) is 1. The van der Waals surface area contributed by atoms with Crippen LogP contribution in [0.4, 0.5) is 18.2 Å². The van der Waals surface area contributed by atoms with Gasteiger partial charge < -0.3 is 10.1 Å². The Balaban J connectivity index is 1.93. The molecule has 1 atom stereocenters. The molecule has 1 saturated carbocycles. The second kappa shape index (κ2) is 8.22. The van der Waals surface area contributed by atoms with Gasteiger partial charge in [0, 0.05) is 10.8 Å². The summed E-state index contributed by atoms with van der Waals surface area (Å²) in [6.07, 6.45) is -3.35. The standard InChI is InChI=1S/C19H21ClF3N3O3S/c1-5-29-18(28)12-8(2)10(4)30-17(12)24-16(27)9(3)26-14(11-6-7-11)13(20)15(25-26)19(21,22)23/h9,11H,5-7H2,1-4H3,(H,24,27). The number of nitrogens with zero attached hydrogens (tertiary/aromatic N) is 2. The highest BCUT2D eigenvalue weighted by molar-refractivity contribution is 7.16. The third-order valence-corrected chi connectivity index (χ3v) is 6.46. The molecule has 30 heavy (non-hydrogen) atoms. The molecule has 3 rings (SSSR count). The first-order valence-electron chi connectivity index (χ1n) is 9.40. The predicted molar refractivity (Wildman–Crippen MR) is 107 cm³/mol. The van der Waals surface area contributed by atoms with Crippen LogP contribution >= 0.6 is 22.9 Å². The van der Waals surface area contributed by atoms with E-state index in [2.05, 4.69) is 10.4 Å². The summed E-state index contributed by atoms with van der Waals surface area (Å²) in [6, 6.07) is -1.06. The van der Waals surface area contributed by atoms with Gasteiger partial charge >= 0.3 is 12.1 Å². The van der Waals surface area contributed by atoms with Crippen molar-refractivity contribution in [3.05, 3.63) is 32.4 Å². The minimum atomic E-state index is -4.72. The molecular formula is C19H21ClF3N3O3S. The number of alkyl halides is 3. The van der Waals surface area contributed by atoms with Crippen LogP contribution < -0.4 is 5.32 Å². The molecule has 0 aromatic carbocycles. The molecule has 11 heteroatoms. The van der Waals surface area contributed by atoms with E-state index in [1.165, 1.54) is 18.3 Å². The summed E-state index contributed by atoms with van der Waals surface area (Å²) >= 11 is 7.19. The number of esters is 1. The molecule has 2 aromatic rings. The number of aryl methyl sites for hydroxylation is 1. The van der Waals surface area contributed by atoms with E-state index in [0.29, 0.717) is 23.4 Å². The highest BCUT2D eigenvalue weighted by atomic mass is 35.5. The normalized spacial score (nSPS) is 15.2. The van der Waals surface area contributed by atoms with Gasteiger partial charge in [0.05, 0.1) is 22.9 Å². The van der Waals surface area contributed by atoms with E-state index in [1.54, 1.807) is 20.8 Å². The highest BCUT2D eigenvalue weighted by Gasteiger charge is 2.43. The fourth-order valence-corrected chi connectivity index (χ4v) is 4.56. The Bertz CT molecular complexity index is 996. The summed E-state index contributed by atoms with van der Waals surface area (Å²) in [5.41, 5.74) is -0.0464. The van der Waals surface area contributed by atoms with Crippen LogP contribution in [-0.2, 0) is 15.7 Å². The smallest absolute Gasteiger partial charge is 0.436 e. The van der Waals surface area contributed by atoms with Crippen LogP contribution in [0, 0.1) is 13.8 Å². The van der Waals surface area contributed by atoms with Crippen LogP contribution in [0.2, 0.25) is 5.02 Å². The van der Waals surface area contributed by atoms with Crippen LogP contribution in [0.1, 0.15) is 70.8 Å². The Morgan fingerprint density at radius 2 is 2.00 bits per heavy atom. The zero-order valence-corrected chi connectivity index (χ0v) is 18.4. The largest absolute Gasteiger partial charge is 0.462 e. The molecule has 2 aromatic heterocycles. The topological polar surface area (TPSA) is 73.2 Å². The van der Waals surface area contributed by atoms with Crippen LogP contribution in [0.15, 0.2) is 0 Å². The van der Waals surface area contributed by atoms with Gasteiger partial charge in [-0.3, -0.25) is 9.48 Å². The summed E-state index contributed by atoms with van der Waals surface area (Å²) in [7, 11) is 0. The Kier molecular flexibility index (Phi) is 6.20. The van der Waals surface area contributed by atoms with Crippen LogP contribution in [-0.4, -0.2) is 28.3 Å².